The average Bonchev–Trinajstić information content (AvgIpc) is 2.36. The molecule has 0 aliphatic heterocycles. The Hall–Kier alpha value is -1.10. The molecule has 0 aliphatic carbocycles. The number of hydrogen-bond acceptors (Lipinski definition) is 4. The molecule has 4 nitrogen and oxygen atoms in total. The van der Waals surface area contributed by atoms with Crippen LogP contribution in [0.1, 0.15) is 12.0 Å². The van der Waals surface area contributed by atoms with Crippen LogP contribution >= 0.6 is 0 Å². The Labute approximate surface area is 96.3 Å². The summed E-state index contributed by atoms with van der Waals surface area (Å²) in [5, 5.41) is 0. The molecule has 0 heterocycles. The second-order valence-corrected chi connectivity index (χ2v) is 3.43. The van der Waals surface area contributed by atoms with Crippen molar-refractivity contribution in [3.05, 3.63) is 29.8 Å². The van der Waals surface area contributed by atoms with Crippen LogP contribution in [0.2, 0.25) is 0 Å². The fourth-order valence-corrected chi connectivity index (χ4v) is 1.70. The van der Waals surface area contributed by atoms with E-state index in [0.29, 0.717) is 13.0 Å². The highest BCUT2D eigenvalue weighted by Crippen LogP contribution is 2.30. The van der Waals surface area contributed by atoms with E-state index in [1.165, 1.54) is 0 Å². The number of benzene rings is 1. The summed E-state index contributed by atoms with van der Waals surface area (Å²) in [4.78, 5) is 0. The molecule has 1 aromatic carbocycles. The van der Waals surface area contributed by atoms with E-state index in [1.807, 2.05) is 24.3 Å². The van der Waals surface area contributed by atoms with Gasteiger partial charge in [0.1, 0.15) is 5.75 Å². The molecular formula is C12H19NO3. The molecule has 90 valence electrons. The van der Waals surface area contributed by atoms with Crippen molar-refractivity contribution in [1.82, 2.24) is 0 Å². The number of ether oxygens (including phenoxy) is 3. The Bertz CT molecular complexity index is 307. The summed E-state index contributed by atoms with van der Waals surface area (Å²) < 4.78 is 16.0. The highest BCUT2D eigenvalue weighted by atomic mass is 16.7. The van der Waals surface area contributed by atoms with Gasteiger partial charge in [0.25, 0.3) is 0 Å². The number of nitrogens with two attached hydrogens (primary N) is 1. The maximum atomic E-state index is 5.57. The van der Waals surface area contributed by atoms with Crippen LogP contribution < -0.4 is 10.5 Å². The van der Waals surface area contributed by atoms with Crippen LogP contribution in [0.15, 0.2) is 24.3 Å². The van der Waals surface area contributed by atoms with Gasteiger partial charge in [-0.2, -0.15) is 0 Å². The predicted molar refractivity (Wildman–Crippen MR) is 62.4 cm³/mol. The third kappa shape index (κ3) is 2.52. The Morgan fingerprint density at radius 1 is 1.06 bits per heavy atom. The SMILES string of the molecule is COc1ccc(C(CCN)(OC)OC)cc1. The lowest BCUT2D eigenvalue weighted by molar-refractivity contribution is -0.218. The quantitative estimate of drug-likeness (QED) is 0.745. The molecule has 1 aromatic rings. The largest absolute Gasteiger partial charge is 0.497 e. The first-order valence-corrected chi connectivity index (χ1v) is 5.17. The van der Waals surface area contributed by atoms with Crippen LogP contribution in [-0.2, 0) is 15.3 Å². The summed E-state index contributed by atoms with van der Waals surface area (Å²) in [6.45, 7) is 0.494. The van der Waals surface area contributed by atoms with Crippen LogP contribution in [0, 0.1) is 0 Å². The van der Waals surface area contributed by atoms with Crippen molar-refractivity contribution >= 4 is 0 Å². The standard InChI is InChI=1S/C12H19NO3/c1-14-11-6-4-10(5-7-11)12(15-2,16-3)8-9-13/h4-7H,8-9,13H2,1-3H3. The van der Waals surface area contributed by atoms with Gasteiger partial charge in [-0.1, -0.05) is 0 Å². The summed E-state index contributed by atoms with van der Waals surface area (Å²) in [6, 6.07) is 7.58. The van der Waals surface area contributed by atoms with Crippen molar-refractivity contribution in [2.75, 3.05) is 27.9 Å². The lowest BCUT2D eigenvalue weighted by Crippen LogP contribution is -2.33. The van der Waals surface area contributed by atoms with E-state index in [9.17, 15) is 0 Å². The van der Waals surface area contributed by atoms with E-state index in [0.717, 1.165) is 11.3 Å². The van der Waals surface area contributed by atoms with Crippen molar-refractivity contribution in [1.29, 1.82) is 0 Å². The van der Waals surface area contributed by atoms with Crippen molar-refractivity contribution in [2.45, 2.75) is 12.2 Å². The maximum absolute atomic E-state index is 5.57. The van der Waals surface area contributed by atoms with Gasteiger partial charge in [0.2, 0.25) is 0 Å². The number of rotatable bonds is 6. The normalized spacial score (nSPS) is 11.5. The fraction of sp³-hybridized carbons (Fsp3) is 0.500. The Morgan fingerprint density at radius 2 is 1.62 bits per heavy atom. The molecule has 1 rings (SSSR count). The molecule has 0 amide bonds. The minimum atomic E-state index is -0.763. The van der Waals surface area contributed by atoms with E-state index >= 15 is 0 Å². The van der Waals surface area contributed by atoms with Crippen LogP contribution in [-0.4, -0.2) is 27.9 Å². The molecule has 0 fully saturated rings. The zero-order chi connectivity index (χ0) is 12.0. The van der Waals surface area contributed by atoms with Gasteiger partial charge >= 0.3 is 0 Å². The van der Waals surface area contributed by atoms with E-state index in [1.54, 1.807) is 21.3 Å². The van der Waals surface area contributed by atoms with Crippen LogP contribution in [0.5, 0.6) is 5.75 Å². The average molecular weight is 225 g/mol. The zero-order valence-corrected chi connectivity index (χ0v) is 10.0. The summed E-state index contributed by atoms with van der Waals surface area (Å²) in [5.41, 5.74) is 6.51. The summed E-state index contributed by atoms with van der Waals surface area (Å²) in [6.07, 6.45) is 0.604. The third-order valence-corrected chi connectivity index (χ3v) is 2.66. The van der Waals surface area contributed by atoms with Gasteiger partial charge in [0, 0.05) is 26.2 Å². The second kappa shape index (κ2) is 5.84. The molecule has 0 radical (unpaired) electrons. The molecule has 0 saturated heterocycles. The van der Waals surface area contributed by atoms with E-state index in [-0.39, 0.29) is 0 Å². The fourth-order valence-electron chi connectivity index (χ4n) is 1.70. The number of methoxy groups -OCH3 is 3. The van der Waals surface area contributed by atoms with Gasteiger partial charge < -0.3 is 19.9 Å². The predicted octanol–water partition coefficient (Wildman–Crippen LogP) is 1.49. The Balaban J connectivity index is 3.00. The van der Waals surface area contributed by atoms with Gasteiger partial charge in [-0.05, 0) is 30.8 Å². The molecule has 16 heavy (non-hydrogen) atoms. The van der Waals surface area contributed by atoms with Crippen molar-refractivity contribution in [3.8, 4) is 5.75 Å². The van der Waals surface area contributed by atoms with E-state index in [2.05, 4.69) is 0 Å². The highest BCUT2D eigenvalue weighted by Gasteiger charge is 2.30. The molecule has 0 aliphatic rings. The molecular weight excluding hydrogens is 206 g/mol. The third-order valence-electron chi connectivity index (χ3n) is 2.66. The minimum absolute atomic E-state index is 0.494. The smallest absolute Gasteiger partial charge is 0.195 e. The summed E-state index contributed by atoms with van der Waals surface area (Å²) in [5.74, 6) is 0.0405. The molecule has 0 unspecified atom stereocenters. The van der Waals surface area contributed by atoms with Crippen LogP contribution in [0.25, 0.3) is 0 Å². The van der Waals surface area contributed by atoms with Gasteiger partial charge in [-0.3, -0.25) is 0 Å². The van der Waals surface area contributed by atoms with Gasteiger partial charge in [-0.25, -0.2) is 0 Å². The first kappa shape index (κ1) is 13.0. The van der Waals surface area contributed by atoms with Crippen LogP contribution in [0.4, 0.5) is 0 Å². The number of hydrogen-bond donors (Lipinski definition) is 1. The van der Waals surface area contributed by atoms with Crippen LogP contribution in [0.3, 0.4) is 0 Å². The van der Waals surface area contributed by atoms with Gasteiger partial charge in [0.05, 0.1) is 7.11 Å². The molecule has 2 N–H and O–H groups in total. The molecule has 0 atom stereocenters. The second-order valence-electron chi connectivity index (χ2n) is 3.43. The van der Waals surface area contributed by atoms with E-state index < -0.39 is 5.79 Å². The van der Waals surface area contributed by atoms with Crippen molar-refractivity contribution < 1.29 is 14.2 Å². The van der Waals surface area contributed by atoms with E-state index in [4.69, 9.17) is 19.9 Å². The summed E-state index contributed by atoms with van der Waals surface area (Å²) in [7, 11) is 4.86. The lowest BCUT2D eigenvalue weighted by Gasteiger charge is -2.31. The van der Waals surface area contributed by atoms with Crippen molar-refractivity contribution in [3.63, 3.8) is 0 Å². The summed E-state index contributed by atoms with van der Waals surface area (Å²) >= 11 is 0. The maximum Gasteiger partial charge on any atom is 0.195 e. The van der Waals surface area contributed by atoms with Gasteiger partial charge in [-0.15, -0.1) is 0 Å². The van der Waals surface area contributed by atoms with Crippen molar-refractivity contribution in [2.24, 2.45) is 5.73 Å². The molecule has 0 bridgehead atoms. The monoisotopic (exact) mass is 225 g/mol. The molecule has 0 spiro atoms. The highest BCUT2D eigenvalue weighted by molar-refractivity contribution is 5.30. The molecule has 0 saturated carbocycles. The van der Waals surface area contributed by atoms with Gasteiger partial charge in [0.15, 0.2) is 5.79 Å². The topological polar surface area (TPSA) is 53.7 Å². The lowest BCUT2D eigenvalue weighted by atomic mass is 10.0. The molecule has 4 heteroatoms. The Kier molecular flexibility index (Phi) is 4.73. The molecule has 0 aromatic heterocycles. The minimum Gasteiger partial charge on any atom is -0.497 e. The first-order chi connectivity index (χ1) is 7.72. The first-order valence-electron chi connectivity index (χ1n) is 5.17. The Morgan fingerprint density at radius 3 is 2.00 bits per heavy atom. The zero-order valence-electron chi connectivity index (χ0n) is 10.0.